The third-order valence-corrected chi connectivity index (χ3v) is 7.37. The largest absolute Gasteiger partial charge is 0.379 e. The number of hydrogen-bond donors (Lipinski definition) is 0. The molecule has 0 N–H and O–H groups in total. The maximum absolute atomic E-state index is 13.2. The molecular weight excluding hydrogens is 412 g/mol. The molecule has 0 bridgehead atoms. The van der Waals surface area contributed by atoms with Gasteiger partial charge in [0, 0.05) is 38.6 Å². The van der Waals surface area contributed by atoms with Crippen LogP contribution in [0.15, 0.2) is 59.5 Å². The van der Waals surface area contributed by atoms with Crippen LogP contribution in [0.3, 0.4) is 0 Å². The normalized spacial score (nSPS) is 16.1. The summed E-state index contributed by atoms with van der Waals surface area (Å²) in [4.78, 5) is 17.6. The molecule has 6 nitrogen and oxygen atoms in total. The van der Waals surface area contributed by atoms with Gasteiger partial charge >= 0.3 is 0 Å². The van der Waals surface area contributed by atoms with Crippen LogP contribution in [-0.2, 0) is 25.9 Å². The number of morpholine rings is 1. The maximum atomic E-state index is 13.2. The second kappa shape index (κ2) is 10.9. The van der Waals surface area contributed by atoms with Gasteiger partial charge in [-0.05, 0) is 31.5 Å². The highest BCUT2D eigenvalue weighted by molar-refractivity contribution is 7.91. The standard InChI is InChI=1S/C24H32N2O4S/c1-20-8-10-23(11-9-20)31(28,29)17-12-24(27)26(19-22-6-4-3-5-7-22)21(2)18-25-13-15-30-16-14-25/h3-11,21H,12-19H2,1-2H3. The zero-order chi connectivity index (χ0) is 22.3. The maximum Gasteiger partial charge on any atom is 0.224 e. The SMILES string of the molecule is Cc1ccc(S(=O)(=O)CCC(=O)N(Cc2ccccc2)C(C)CN2CCOCC2)cc1. The molecule has 1 fully saturated rings. The number of aryl methyl sites for hydroxylation is 1. The fourth-order valence-electron chi connectivity index (χ4n) is 3.75. The van der Waals surface area contributed by atoms with Crippen LogP contribution < -0.4 is 0 Å². The Morgan fingerprint density at radius 3 is 2.35 bits per heavy atom. The van der Waals surface area contributed by atoms with E-state index in [4.69, 9.17) is 4.74 Å². The number of carbonyl (C=O) groups is 1. The van der Waals surface area contributed by atoms with E-state index in [2.05, 4.69) is 4.90 Å². The topological polar surface area (TPSA) is 66.9 Å². The van der Waals surface area contributed by atoms with Crippen LogP contribution in [0.2, 0.25) is 0 Å². The second-order valence-corrected chi connectivity index (χ2v) is 10.3. The summed E-state index contributed by atoms with van der Waals surface area (Å²) < 4.78 is 30.9. The number of sulfone groups is 1. The highest BCUT2D eigenvalue weighted by atomic mass is 32.2. The van der Waals surface area contributed by atoms with Crippen LogP contribution in [0.25, 0.3) is 0 Å². The number of amides is 1. The van der Waals surface area contributed by atoms with Crippen molar-refractivity contribution < 1.29 is 17.9 Å². The Morgan fingerprint density at radius 1 is 1.06 bits per heavy atom. The lowest BCUT2D eigenvalue weighted by atomic mass is 10.1. The van der Waals surface area contributed by atoms with Crippen molar-refractivity contribution >= 4 is 15.7 Å². The first-order chi connectivity index (χ1) is 14.8. The summed E-state index contributed by atoms with van der Waals surface area (Å²) in [6, 6.07) is 16.6. The molecule has 1 heterocycles. The minimum absolute atomic E-state index is 0.0313. The van der Waals surface area contributed by atoms with E-state index in [0.29, 0.717) is 19.8 Å². The molecule has 2 aromatic rings. The summed E-state index contributed by atoms with van der Waals surface area (Å²) in [6.45, 7) is 8.26. The molecule has 31 heavy (non-hydrogen) atoms. The zero-order valence-corrected chi connectivity index (χ0v) is 19.2. The average Bonchev–Trinajstić information content (AvgIpc) is 2.77. The van der Waals surface area contributed by atoms with Crippen molar-refractivity contribution in [3.05, 3.63) is 65.7 Å². The number of hydrogen-bond acceptors (Lipinski definition) is 5. The molecule has 0 radical (unpaired) electrons. The molecule has 1 unspecified atom stereocenters. The number of ether oxygens (including phenoxy) is 1. The van der Waals surface area contributed by atoms with Crippen LogP contribution >= 0.6 is 0 Å². The van der Waals surface area contributed by atoms with Gasteiger partial charge in [0.2, 0.25) is 5.91 Å². The van der Waals surface area contributed by atoms with Gasteiger partial charge in [0.25, 0.3) is 0 Å². The summed E-state index contributed by atoms with van der Waals surface area (Å²) >= 11 is 0. The number of benzene rings is 2. The molecule has 168 valence electrons. The average molecular weight is 445 g/mol. The van der Waals surface area contributed by atoms with E-state index in [1.165, 1.54) is 0 Å². The highest BCUT2D eigenvalue weighted by Crippen LogP contribution is 2.16. The molecule has 1 aliphatic rings. The first kappa shape index (κ1) is 23.4. The Kier molecular flexibility index (Phi) is 8.23. The number of carbonyl (C=O) groups excluding carboxylic acids is 1. The van der Waals surface area contributed by atoms with Gasteiger partial charge in [-0.2, -0.15) is 0 Å². The first-order valence-electron chi connectivity index (χ1n) is 10.8. The third-order valence-electron chi connectivity index (χ3n) is 5.64. The van der Waals surface area contributed by atoms with Gasteiger partial charge in [0.15, 0.2) is 9.84 Å². The number of nitrogens with zero attached hydrogens (tertiary/aromatic N) is 2. The van der Waals surface area contributed by atoms with Crippen molar-refractivity contribution in [1.82, 2.24) is 9.80 Å². The Bertz CT molecular complexity index is 939. The van der Waals surface area contributed by atoms with E-state index in [9.17, 15) is 13.2 Å². The Labute approximate surface area is 185 Å². The van der Waals surface area contributed by atoms with Gasteiger partial charge in [0.05, 0.1) is 23.9 Å². The minimum Gasteiger partial charge on any atom is -0.379 e. The molecule has 1 atom stereocenters. The van der Waals surface area contributed by atoms with Crippen molar-refractivity contribution in [3.63, 3.8) is 0 Å². The van der Waals surface area contributed by atoms with Crippen molar-refractivity contribution in [2.24, 2.45) is 0 Å². The second-order valence-electron chi connectivity index (χ2n) is 8.15. The van der Waals surface area contributed by atoms with E-state index < -0.39 is 9.84 Å². The summed E-state index contributed by atoms with van der Waals surface area (Å²) in [7, 11) is -3.51. The predicted octanol–water partition coefficient (Wildman–Crippen LogP) is 2.91. The predicted molar refractivity (Wildman–Crippen MR) is 122 cm³/mol. The van der Waals surface area contributed by atoms with Crippen LogP contribution in [0, 0.1) is 6.92 Å². The molecule has 0 spiro atoms. The lowest BCUT2D eigenvalue weighted by Gasteiger charge is -2.35. The summed E-state index contributed by atoms with van der Waals surface area (Å²) in [5, 5.41) is 0. The molecule has 0 aromatic heterocycles. The molecule has 3 rings (SSSR count). The Morgan fingerprint density at radius 2 is 1.71 bits per heavy atom. The molecule has 0 aliphatic carbocycles. The molecule has 2 aromatic carbocycles. The van der Waals surface area contributed by atoms with E-state index in [1.807, 2.05) is 49.1 Å². The van der Waals surface area contributed by atoms with E-state index in [0.717, 1.165) is 30.8 Å². The molecule has 1 aliphatic heterocycles. The van der Waals surface area contributed by atoms with Gasteiger partial charge in [0.1, 0.15) is 0 Å². The Balaban J connectivity index is 1.69. The van der Waals surface area contributed by atoms with Crippen LogP contribution in [0.4, 0.5) is 0 Å². The highest BCUT2D eigenvalue weighted by Gasteiger charge is 2.25. The van der Waals surface area contributed by atoms with Crippen molar-refractivity contribution in [1.29, 1.82) is 0 Å². The lowest BCUT2D eigenvalue weighted by Crippen LogP contribution is -2.48. The van der Waals surface area contributed by atoms with E-state index in [1.54, 1.807) is 24.3 Å². The fraction of sp³-hybridized carbons (Fsp3) is 0.458. The minimum atomic E-state index is -3.51. The van der Waals surface area contributed by atoms with Gasteiger partial charge in [-0.25, -0.2) is 8.42 Å². The fourth-order valence-corrected chi connectivity index (χ4v) is 4.98. The monoisotopic (exact) mass is 444 g/mol. The smallest absolute Gasteiger partial charge is 0.224 e. The molecule has 7 heteroatoms. The van der Waals surface area contributed by atoms with Crippen molar-refractivity contribution in [3.8, 4) is 0 Å². The molecule has 0 saturated carbocycles. The van der Waals surface area contributed by atoms with Crippen LogP contribution in [0.5, 0.6) is 0 Å². The molecule has 1 amide bonds. The quantitative estimate of drug-likeness (QED) is 0.595. The zero-order valence-electron chi connectivity index (χ0n) is 18.4. The number of rotatable bonds is 9. The van der Waals surface area contributed by atoms with Gasteiger partial charge in [-0.1, -0.05) is 48.0 Å². The molecule has 1 saturated heterocycles. The van der Waals surface area contributed by atoms with E-state index in [-0.39, 0.29) is 29.0 Å². The van der Waals surface area contributed by atoms with Crippen molar-refractivity contribution in [2.45, 2.75) is 37.8 Å². The summed E-state index contributed by atoms with van der Waals surface area (Å²) in [6.07, 6.45) is -0.0313. The van der Waals surface area contributed by atoms with E-state index >= 15 is 0 Å². The summed E-state index contributed by atoms with van der Waals surface area (Å²) in [5.41, 5.74) is 2.03. The first-order valence-corrected chi connectivity index (χ1v) is 12.4. The van der Waals surface area contributed by atoms with Crippen LogP contribution in [-0.4, -0.2) is 68.8 Å². The Hall–Kier alpha value is -2.22. The van der Waals surface area contributed by atoms with Gasteiger partial charge < -0.3 is 9.64 Å². The third kappa shape index (κ3) is 6.89. The van der Waals surface area contributed by atoms with Gasteiger partial charge in [-0.3, -0.25) is 9.69 Å². The lowest BCUT2D eigenvalue weighted by molar-refractivity contribution is -0.134. The molecular formula is C24H32N2O4S. The van der Waals surface area contributed by atoms with Crippen molar-refractivity contribution in [2.75, 3.05) is 38.6 Å². The van der Waals surface area contributed by atoms with Crippen LogP contribution in [0.1, 0.15) is 24.5 Å². The van der Waals surface area contributed by atoms with Gasteiger partial charge in [-0.15, -0.1) is 0 Å². The summed E-state index contributed by atoms with van der Waals surface area (Å²) in [5.74, 6) is -0.329.